The third-order valence-corrected chi connectivity index (χ3v) is 5.93. The first kappa shape index (κ1) is 20.6. The van der Waals surface area contributed by atoms with E-state index >= 15 is 0 Å². The number of nitrogens with zero attached hydrogens (tertiary/aromatic N) is 2. The molecule has 0 saturated heterocycles. The Labute approximate surface area is 189 Å². The SMILES string of the molecule is Cc1c(C(=O)NC2N=C(c3ccccc3F)c3ccccc3N(C)C2=O)[nH]c2ccccc12. The van der Waals surface area contributed by atoms with Gasteiger partial charge in [0.25, 0.3) is 11.8 Å². The summed E-state index contributed by atoms with van der Waals surface area (Å²) in [5, 5.41) is 3.67. The molecule has 1 aliphatic heterocycles. The van der Waals surface area contributed by atoms with Crippen LogP contribution in [0, 0.1) is 12.7 Å². The largest absolute Gasteiger partial charge is 0.350 e. The molecule has 1 aliphatic rings. The second kappa shape index (κ2) is 8.02. The molecule has 7 heteroatoms. The second-order valence-corrected chi connectivity index (χ2v) is 7.92. The molecule has 0 radical (unpaired) electrons. The van der Waals surface area contributed by atoms with Gasteiger partial charge in [-0.15, -0.1) is 0 Å². The molecule has 0 spiro atoms. The molecule has 1 aromatic heterocycles. The predicted octanol–water partition coefficient (Wildman–Crippen LogP) is 4.19. The smallest absolute Gasteiger partial charge is 0.272 e. The highest BCUT2D eigenvalue weighted by molar-refractivity contribution is 6.20. The van der Waals surface area contributed by atoms with Gasteiger partial charge in [0.15, 0.2) is 0 Å². The molecule has 0 bridgehead atoms. The van der Waals surface area contributed by atoms with Crippen LogP contribution in [0.1, 0.15) is 27.2 Å². The van der Waals surface area contributed by atoms with E-state index in [1.807, 2.05) is 31.2 Å². The van der Waals surface area contributed by atoms with E-state index in [2.05, 4.69) is 15.3 Å². The molecule has 2 heterocycles. The number of anilines is 1. The van der Waals surface area contributed by atoms with Crippen LogP contribution >= 0.6 is 0 Å². The van der Waals surface area contributed by atoms with Gasteiger partial charge < -0.3 is 15.2 Å². The van der Waals surface area contributed by atoms with E-state index in [-0.39, 0.29) is 5.56 Å². The van der Waals surface area contributed by atoms with E-state index in [1.165, 1.54) is 11.0 Å². The van der Waals surface area contributed by atoms with Gasteiger partial charge in [-0.3, -0.25) is 9.59 Å². The Morgan fingerprint density at radius 2 is 1.67 bits per heavy atom. The van der Waals surface area contributed by atoms with Crippen LogP contribution in [-0.2, 0) is 4.79 Å². The number of benzene rings is 3. The zero-order valence-electron chi connectivity index (χ0n) is 18.1. The standard InChI is InChI=1S/C26H21FN4O2/c1-15-16-9-4-7-13-20(16)28-22(15)25(32)30-24-26(33)31(2)21-14-8-5-11-18(21)23(29-24)17-10-3-6-12-19(17)27/h3-14,24,28H,1-2H3,(H,30,32). The molecule has 1 unspecified atom stereocenters. The van der Waals surface area contributed by atoms with E-state index in [4.69, 9.17) is 0 Å². The number of benzodiazepines with no additional fused rings is 1. The summed E-state index contributed by atoms with van der Waals surface area (Å²) in [6, 6.07) is 21.0. The monoisotopic (exact) mass is 440 g/mol. The van der Waals surface area contributed by atoms with Gasteiger partial charge in [0, 0.05) is 29.1 Å². The predicted molar refractivity (Wildman–Crippen MR) is 126 cm³/mol. The lowest BCUT2D eigenvalue weighted by Gasteiger charge is -2.20. The quantitative estimate of drug-likeness (QED) is 0.501. The molecule has 4 aromatic rings. The number of amides is 2. The molecule has 3 aromatic carbocycles. The number of likely N-dealkylation sites (N-methyl/N-ethyl adjacent to an activating group) is 1. The lowest BCUT2D eigenvalue weighted by atomic mass is 10.00. The number of nitrogens with one attached hydrogen (secondary N) is 2. The maximum absolute atomic E-state index is 14.7. The Hall–Kier alpha value is -4.26. The number of fused-ring (bicyclic) bond motifs is 2. The average molecular weight is 440 g/mol. The number of carbonyl (C=O) groups excluding carboxylic acids is 2. The highest BCUT2D eigenvalue weighted by Crippen LogP contribution is 2.28. The van der Waals surface area contributed by atoms with E-state index in [9.17, 15) is 14.0 Å². The van der Waals surface area contributed by atoms with Gasteiger partial charge in [0.1, 0.15) is 11.5 Å². The molecule has 1 atom stereocenters. The minimum Gasteiger partial charge on any atom is -0.350 e. The van der Waals surface area contributed by atoms with Crippen molar-refractivity contribution in [1.82, 2.24) is 10.3 Å². The molecule has 0 aliphatic carbocycles. The number of aromatic amines is 1. The van der Waals surface area contributed by atoms with Crippen LogP contribution in [0.4, 0.5) is 10.1 Å². The van der Waals surface area contributed by atoms with Crippen molar-refractivity contribution in [3.05, 3.63) is 101 Å². The van der Waals surface area contributed by atoms with Crippen molar-refractivity contribution in [1.29, 1.82) is 0 Å². The summed E-state index contributed by atoms with van der Waals surface area (Å²) < 4.78 is 14.7. The van der Waals surface area contributed by atoms with Gasteiger partial charge in [-0.05, 0) is 36.8 Å². The first-order valence-corrected chi connectivity index (χ1v) is 10.5. The fourth-order valence-electron chi connectivity index (χ4n) is 4.19. The topological polar surface area (TPSA) is 77.6 Å². The van der Waals surface area contributed by atoms with E-state index < -0.39 is 23.8 Å². The normalized spacial score (nSPS) is 15.7. The lowest BCUT2D eigenvalue weighted by molar-refractivity contribution is -0.119. The van der Waals surface area contributed by atoms with Gasteiger partial charge in [0.05, 0.1) is 11.4 Å². The molecule has 5 rings (SSSR count). The third kappa shape index (κ3) is 3.47. The van der Waals surface area contributed by atoms with Crippen LogP contribution in [0.25, 0.3) is 10.9 Å². The Morgan fingerprint density at radius 3 is 2.42 bits per heavy atom. The summed E-state index contributed by atoms with van der Waals surface area (Å²) in [6.45, 7) is 1.85. The Morgan fingerprint density at radius 1 is 1.00 bits per heavy atom. The van der Waals surface area contributed by atoms with Gasteiger partial charge in [-0.25, -0.2) is 9.38 Å². The van der Waals surface area contributed by atoms with E-state index in [0.29, 0.717) is 22.7 Å². The molecule has 0 fully saturated rings. The minimum atomic E-state index is -1.23. The minimum absolute atomic E-state index is 0.258. The van der Waals surface area contributed by atoms with Gasteiger partial charge in [-0.2, -0.15) is 0 Å². The highest BCUT2D eigenvalue weighted by atomic mass is 19.1. The molecular weight excluding hydrogens is 419 g/mol. The lowest BCUT2D eigenvalue weighted by Crippen LogP contribution is -2.46. The van der Waals surface area contributed by atoms with Crippen molar-refractivity contribution in [3.8, 4) is 0 Å². The van der Waals surface area contributed by atoms with Crippen molar-refractivity contribution in [2.45, 2.75) is 13.1 Å². The van der Waals surface area contributed by atoms with Crippen LogP contribution in [0.3, 0.4) is 0 Å². The zero-order valence-corrected chi connectivity index (χ0v) is 18.1. The Balaban J connectivity index is 1.60. The molecule has 33 heavy (non-hydrogen) atoms. The first-order valence-electron chi connectivity index (χ1n) is 10.5. The van der Waals surface area contributed by atoms with Crippen LogP contribution in [0.5, 0.6) is 0 Å². The fraction of sp³-hybridized carbons (Fsp3) is 0.115. The number of halogens is 1. The van der Waals surface area contributed by atoms with Crippen LogP contribution in [0.2, 0.25) is 0 Å². The summed E-state index contributed by atoms with van der Waals surface area (Å²) in [5.74, 6) is -1.34. The third-order valence-electron chi connectivity index (χ3n) is 5.93. The van der Waals surface area contributed by atoms with Gasteiger partial charge in [-0.1, -0.05) is 48.5 Å². The van der Waals surface area contributed by atoms with Crippen LogP contribution in [0.15, 0.2) is 77.8 Å². The highest BCUT2D eigenvalue weighted by Gasteiger charge is 2.32. The maximum atomic E-state index is 14.7. The molecule has 0 saturated carbocycles. The van der Waals surface area contributed by atoms with Crippen molar-refractivity contribution in [2.75, 3.05) is 11.9 Å². The molecular formula is C26H21FN4O2. The summed E-state index contributed by atoms with van der Waals surface area (Å²) in [4.78, 5) is 35.6. The first-order chi connectivity index (χ1) is 16.0. The van der Waals surface area contributed by atoms with Crippen molar-refractivity contribution >= 4 is 34.1 Å². The number of aryl methyl sites for hydroxylation is 1. The number of rotatable bonds is 3. The number of aliphatic imine (C=N–C) groups is 1. The zero-order chi connectivity index (χ0) is 23.1. The molecule has 2 N–H and O–H groups in total. The van der Waals surface area contributed by atoms with Crippen molar-refractivity contribution < 1.29 is 14.0 Å². The Bertz CT molecular complexity index is 1440. The number of H-pyrrole nitrogens is 1. The summed E-state index contributed by atoms with van der Waals surface area (Å²) in [7, 11) is 1.62. The van der Waals surface area contributed by atoms with Crippen LogP contribution in [-0.4, -0.2) is 35.7 Å². The molecule has 2 amide bonds. The van der Waals surface area contributed by atoms with Crippen molar-refractivity contribution in [3.63, 3.8) is 0 Å². The second-order valence-electron chi connectivity index (χ2n) is 7.92. The van der Waals surface area contributed by atoms with E-state index in [0.717, 1.165) is 16.5 Å². The number of hydrogen-bond acceptors (Lipinski definition) is 3. The molecule has 164 valence electrons. The number of hydrogen-bond donors (Lipinski definition) is 2. The molecule has 6 nitrogen and oxygen atoms in total. The van der Waals surface area contributed by atoms with Crippen molar-refractivity contribution in [2.24, 2.45) is 4.99 Å². The maximum Gasteiger partial charge on any atom is 0.272 e. The van der Waals surface area contributed by atoms with E-state index in [1.54, 1.807) is 49.5 Å². The summed E-state index contributed by atoms with van der Waals surface area (Å²) in [5.41, 5.74) is 3.72. The number of para-hydroxylation sites is 2. The van der Waals surface area contributed by atoms with Crippen LogP contribution < -0.4 is 10.2 Å². The summed E-state index contributed by atoms with van der Waals surface area (Å²) >= 11 is 0. The summed E-state index contributed by atoms with van der Waals surface area (Å²) in [6.07, 6.45) is -1.23. The number of aromatic nitrogens is 1. The fourth-order valence-corrected chi connectivity index (χ4v) is 4.19. The van der Waals surface area contributed by atoms with Gasteiger partial charge >= 0.3 is 0 Å². The Kier molecular flexibility index (Phi) is 5.01. The number of carbonyl (C=O) groups is 2. The van der Waals surface area contributed by atoms with Gasteiger partial charge in [0.2, 0.25) is 6.17 Å². The average Bonchev–Trinajstić information content (AvgIpc) is 3.13.